The maximum atomic E-state index is 11.8. The molecule has 4 nitrogen and oxygen atoms in total. The van der Waals surface area contributed by atoms with Gasteiger partial charge >= 0.3 is 6.03 Å². The Bertz CT molecular complexity index is 474. The normalized spacial score (nSPS) is 10.4. The third-order valence-electron chi connectivity index (χ3n) is 2.12. The summed E-state index contributed by atoms with van der Waals surface area (Å²) in [6.45, 7) is 3.78. The topological polar surface area (TPSA) is 49.4 Å². The molecule has 0 fully saturated rings. The average Bonchev–Trinajstić information content (AvgIpc) is 2.25. The van der Waals surface area contributed by atoms with E-state index in [4.69, 9.17) is 23.2 Å². The Labute approximate surface area is 127 Å². The zero-order chi connectivity index (χ0) is 14.6. The van der Waals surface area contributed by atoms with Gasteiger partial charge < -0.3 is 0 Å². The summed E-state index contributed by atoms with van der Waals surface area (Å²) in [5.41, 5.74) is 0.385. The number of rotatable bonds is 3. The number of nitrogens with one attached hydrogen (secondary N) is 1. The number of hydrogen-bond acceptors (Lipinski definition) is 3. The van der Waals surface area contributed by atoms with Crippen LogP contribution in [-0.4, -0.2) is 11.9 Å². The first kappa shape index (κ1) is 16.1. The second-order valence-electron chi connectivity index (χ2n) is 4.39. The summed E-state index contributed by atoms with van der Waals surface area (Å²) in [7, 11) is 0. The molecule has 0 saturated carbocycles. The van der Waals surface area contributed by atoms with E-state index in [0.29, 0.717) is 15.7 Å². The third-order valence-corrected chi connectivity index (χ3v) is 2.97. The average molecular weight is 321 g/mol. The van der Waals surface area contributed by atoms with Gasteiger partial charge in [-0.3, -0.25) is 10.1 Å². The minimum atomic E-state index is -0.646. The van der Waals surface area contributed by atoms with E-state index in [1.54, 1.807) is 0 Å². The first-order valence-corrected chi connectivity index (χ1v) is 6.74. The lowest BCUT2D eigenvalue weighted by Crippen LogP contribution is -2.38. The molecule has 0 radical (unpaired) electrons. The van der Waals surface area contributed by atoms with Gasteiger partial charge in [0, 0.05) is 16.5 Å². The SMILES string of the molecule is CC(C)CC(=O)NC(=O)N(S)c1cc(Cl)cc(Cl)c1. The van der Waals surface area contributed by atoms with Gasteiger partial charge in [-0.2, -0.15) is 0 Å². The van der Waals surface area contributed by atoms with Crippen LogP contribution < -0.4 is 9.62 Å². The van der Waals surface area contributed by atoms with Gasteiger partial charge in [-0.05, 0) is 24.1 Å². The van der Waals surface area contributed by atoms with Crippen LogP contribution in [0.4, 0.5) is 10.5 Å². The van der Waals surface area contributed by atoms with Crippen LogP contribution >= 0.6 is 36.0 Å². The van der Waals surface area contributed by atoms with Crippen LogP contribution in [0.3, 0.4) is 0 Å². The highest BCUT2D eigenvalue weighted by molar-refractivity contribution is 7.82. The van der Waals surface area contributed by atoms with Crippen LogP contribution in [0, 0.1) is 5.92 Å². The van der Waals surface area contributed by atoms with Crippen molar-refractivity contribution in [3.63, 3.8) is 0 Å². The Morgan fingerprint density at radius 1 is 1.26 bits per heavy atom. The highest BCUT2D eigenvalue weighted by Crippen LogP contribution is 2.26. The Hall–Kier alpha value is -0.910. The van der Waals surface area contributed by atoms with E-state index < -0.39 is 6.03 Å². The van der Waals surface area contributed by atoms with Crippen molar-refractivity contribution >= 4 is 53.6 Å². The maximum absolute atomic E-state index is 11.8. The molecule has 1 aromatic rings. The molecule has 19 heavy (non-hydrogen) atoms. The minimum absolute atomic E-state index is 0.168. The molecule has 1 N–H and O–H groups in total. The van der Waals surface area contributed by atoms with E-state index in [-0.39, 0.29) is 18.2 Å². The second kappa shape index (κ2) is 7.03. The zero-order valence-corrected chi connectivity index (χ0v) is 12.9. The number of carbonyl (C=O) groups excluding carboxylic acids is 2. The predicted octanol–water partition coefficient (Wildman–Crippen LogP) is 3.93. The number of urea groups is 1. The van der Waals surface area contributed by atoms with Crippen molar-refractivity contribution < 1.29 is 9.59 Å². The van der Waals surface area contributed by atoms with E-state index in [0.717, 1.165) is 4.31 Å². The molecule has 0 atom stereocenters. The first-order chi connectivity index (χ1) is 8.79. The van der Waals surface area contributed by atoms with Crippen molar-refractivity contribution in [2.45, 2.75) is 20.3 Å². The molecule has 0 unspecified atom stereocenters. The second-order valence-corrected chi connectivity index (χ2v) is 5.66. The first-order valence-electron chi connectivity index (χ1n) is 5.58. The Morgan fingerprint density at radius 2 is 1.79 bits per heavy atom. The fourth-order valence-electron chi connectivity index (χ4n) is 1.37. The molecule has 0 spiro atoms. The highest BCUT2D eigenvalue weighted by Gasteiger charge is 2.16. The predicted molar refractivity (Wildman–Crippen MR) is 80.9 cm³/mol. The van der Waals surface area contributed by atoms with Crippen LogP contribution in [0.2, 0.25) is 10.0 Å². The molecule has 0 aliphatic rings. The van der Waals surface area contributed by atoms with Gasteiger partial charge in [0.05, 0.1) is 5.69 Å². The lowest BCUT2D eigenvalue weighted by molar-refractivity contribution is -0.120. The van der Waals surface area contributed by atoms with Gasteiger partial charge in [-0.25, -0.2) is 9.10 Å². The van der Waals surface area contributed by atoms with Crippen LogP contribution in [0.15, 0.2) is 18.2 Å². The van der Waals surface area contributed by atoms with Crippen molar-refractivity contribution in [1.82, 2.24) is 5.32 Å². The largest absolute Gasteiger partial charge is 0.338 e. The Morgan fingerprint density at radius 3 is 2.26 bits per heavy atom. The smallest absolute Gasteiger partial charge is 0.277 e. The number of benzene rings is 1. The summed E-state index contributed by atoms with van der Waals surface area (Å²) in [6, 6.07) is 3.93. The summed E-state index contributed by atoms with van der Waals surface area (Å²) in [5.74, 6) is -0.186. The fraction of sp³-hybridized carbons (Fsp3) is 0.333. The van der Waals surface area contributed by atoms with E-state index >= 15 is 0 Å². The lowest BCUT2D eigenvalue weighted by atomic mass is 10.1. The molecular weight excluding hydrogens is 307 g/mol. The molecule has 0 saturated heterocycles. The highest BCUT2D eigenvalue weighted by atomic mass is 35.5. The number of anilines is 1. The summed E-state index contributed by atoms with van der Waals surface area (Å²) in [5, 5.41) is 2.99. The monoisotopic (exact) mass is 320 g/mol. The lowest BCUT2D eigenvalue weighted by Gasteiger charge is -2.16. The summed E-state index contributed by atoms with van der Waals surface area (Å²) < 4.78 is 0.982. The Balaban J connectivity index is 2.74. The van der Waals surface area contributed by atoms with Gasteiger partial charge in [0.1, 0.15) is 0 Å². The van der Waals surface area contributed by atoms with Crippen molar-refractivity contribution in [2.75, 3.05) is 4.31 Å². The number of hydrogen-bond donors (Lipinski definition) is 2. The third kappa shape index (κ3) is 5.30. The van der Waals surface area contributed by atoms with Crippen molar-refractivity contribution in [2.24, 2.45) is 5.92 Å². The fourth-order valence-corrected chi connectivity index (χ4v) is 2.05. The van der Waals surface area contributed by atoms with Crippen LogP contribution in [0.5, 0.6) is 0 Å². The summed E-state index contributed by atoms with van der Waals surface area (Å²) >= 11 is 15.7. The zero-order valence-electron chi connectivity index (χ0n) is 10.5. The van der Waals surface area contributed by atoms with E-state index in [1.807, 2.05) is 13.8 Å². The standard InChI is InChI=1S/C12H14Cl2N2O2S/c1-7(2)3-11(17)15-12(18)16(19)10-5-8(13)4-9(14)6-10/h4-7,19H,3H2,1-2H3,(H,15,17,18). The van der Waals surface area contributed by atoms with E-state index in [1.165, 1.54) is 18.2 Å². The van der Waals surface area contributed by atoms with Gasteiger partial charge in [-0.15, -0.1) is 0 Å². The van der Waals surface area contributed by atoms with Gasteiger partial charge in [-0.1, -0.05) is 49.9 Å². The summed E-state index contributed by atoms with van der Waals surface area (Å²) in [6.07, 6.45) is 0.268. The van der Waals surface area contributed by atoms with Gasteiger partial charge in [0.15, 0.2) is 0 Å². The molecular formula is C12H14Cl2N2O2S. The van der Waals surface area contributed by atoms with E-state index in [2.05, 4.69) is 18.1 Å². The van der Waals surface area contributed by atoms with Gasteiger partial charge in [0.25, 0.3) is 0 Å². The molecule has 0 bridgehead atoms. The molecule has 3 amide bonds. The van der Waals surface area contributed by atoms with Gasteiger partial charge in [0.2, 0.25) is 5.91 Å². The minimum Gasteiger partial charge on any atom is -0.277 e. The quantitative estimate of drug-likeness (QED) is 0.829. The number of imide groups is 1. The molecule has 0 aliphatic carbocycles. The Kier molecular flexibility index (Phi) is 5.97. The molecule has 104 valence electrons. The molecule has 7 heteroatoms. The maximum Gasteiger partial charge on any atom is 0.338 e. The van der Waals surface area contributed by atoms with Crippen LogP contribution in [0.25, 0.3) is 0 Å². The number of thiol groups is 1. The number of halogens is 2. The van der Waals surface area contributed by atoms with E-state index in [9.17, 15) is 9.59 Å². The molecule has 0 aromatic heterocycles. The molecule has 0 heterocycles. The number of carbonyl (C=O) groups is 2. The number of nitrogens with zero attached hydrogens (tertiary/aromatic N) is 1. The number of amides is 3. The molecule has 1 rings (SSSR count). The van der Waals surface area contributed by atoms with Crippen molar-refractivity contribution in [3.05, 3.63) is 28.2 Å². The van der Waals surface area contributed by atoms with Crippen LogP contribution in [0.1, 0.15) is 20.3 Å². The van der Waals surface area contributed by atoms with Crippen molar-refractivity contribution in [1.29, 1.82) is 0 Å². The molecule has 1 aromatic carbocycles. The molecule has 0 aliphatic heterocycles. The van der Waals surface area contributed by atoms with Crippen LogP contribution in [-0.2, 0) is 4.79 Å². The summed E-state index contributed by atoms with van der Waals surface area (Å²) in [4.78, 5) is 23.3. The van der Waals surface area contributed by atoms with Crippen molar-refractivity contribution in [3.8, 4) is 0 Å².